The molecule has 3 nitrogen and oxygen atoms in total. The Labute approximate surface area is 67.3 Å². The second-order valence-corrected chi connectivity index (χ2v) is 2.63. The molecule has 0 spiro atoms. The average Bonchev–Trinajstić information content (AvgIpc) is 2.07. The van der Waals surface area contributed by atoms with Crippen LogP contribution in [-0.2, 0) is 4.74 Å². The lowest BCUT2D eigenvalue weighted by Crippen LogP contribution is -2.36. The van der Waals surface area contributed by atoms with Gasteiger partial charge in [-0.1, -0.05) is 0 Å². The van der Waals surface area contributed by atoms with Gasteiger partial charge in [0, 0.05) is 19.6 Å². The molecule has 0 amide bonds. The van der Waals surface area contributed by atoms with E-state index in [1.165, 1.54) is 0 Å². The molecule has 0 radical (unpaired) electrons. The first-order valence-corrected chi connectivity index (χ1v) is 4.03. The number of aliphatic hydroxyl groups is 1. The van der Waals surface area contributed by atoms with E-state index in [0.717, 1.165) is 45.5 Å². The fourth-order valence-corrected chi connectivity index (χ4v) is 1.16. The molecule has 1 heterocycles. The number of hydrogen-bond donors (Lipinski definition) is 1. The molecule has 1 rings (SSSR count). The van der Waals surface area contributed by atoms with Gasteiger partial charge in [-0.25, -0.2) is 0 Å². The van der Waals surface area contributed by atoms with Crippen LogP contribution in [0.3, 0.4) is 0 Å². The number of hydrogen-bond acceptors (Lipinski definition) is 3. The van der Waals surface area contributed by atoms with Gasteiger partial charge in [-0.2, -0.15) is 0 Å². The number of nitrogens with zero attached hydrogens (tertiary/aromatic N) is 1. The highest BCUT2D eigenvalue weighted by Gasteiger charge is 2.07. The average molecular weight is 157 g/mol. The number of aliphatic hydroxyl groups excluding tert-OH is 1. The van der Waals surface area contributed by atoms with Gasteiger partial charge in [0.05, 0.1) is 19.5 Å². The minimum absolute atomic E-state index is 0.850. The molecular formula is C8H15NO2. The first kappa shape index (κ1) is 8.56. The zero-order chi connectivity index (χ0) is 7.94. The van der Waals surface area contributed by atoms with Crippen molar-refractivity contribution in [2.24, 2.45) is 0 Å². The standard InChI is InChI=1S/C8H15NO2/c10-6-2-1-3-9-4-7-11-8-5-9/h2,6,10H,1,3-5,7-8H2. The molecule has 0 aliphatic carbocycles. The first-order chi connectivity index (χ1) is 5.43. The van der Waals surface area contributed by atoms with Crippen LogP contribution in [0, 0.1) is 0 Å². The quantitative estimate of drug-likeness (QED) is 0.614. The second kappa shape index (κ2) is 5.16. The Bertz CT molecular complexity index is 119. The number of rotatable bonds is 3. The van der Waals surface area contributed by atoms with Crippen LogP contribution in [0.15, 0.2) is 12.3 Å². The molecule has 0 aromatic carbocycles. The Kier molecular flexibility index (Phi) is 4.01. The van der Waals surface area contributed by atoms with E-state index >= 15 is 0 Å². The van der Waals surface area contributed by atoms with Gasteiger partial charge in [0.15, 0.2) is 0 Å². The number of ether oxygens (including phenoxy) is 1. The second-order valence-electron chi connectivity index (χ2n) is 2.63. The minimum Gasteiger partial charge on any atom is -0.516 e. The SMILES string of the molecule is OC=CCCN1CCOCC1. The fourth-order valence-electron chi connectivity index (χ4n) is 1.16. The first-order valence-electron chi connectivity index (χ1n) is 4.03. The highest BCUT2D eigenvalue weighted by atomic mass is 16.5. The van der Waals surface area contributed by atoms with Crippen LogP contribution < -0.4 is 0 Å². The van der Waals surface area contributed by atoms with Crippen molar-refractivity contribution in [3.8, 4) is 0 Å². The molecule has 64 valence electrons. The highest BCUT2D eigenvalue weighted by Crippen LogP contribution is 1.97. The van der Waals surface area contributed by atoms with E-state index in [1.54, 1.807) is 6.08 Å². The zero-order valence-corrected chi connectivity index (χ0v) is 6.70. The monoisotopic (exact) mass is 157 g/mol. The van der Waals surface area contributed by atoms with E-state index < -0.39 is 0 Å². The molecule has 11 heavy (non-hydrogen) atoms. The largest absolute Gasteiger partial charge is 0.516 e. The third-order valence-corrected chi connectivity index (χ3v) is 1.82. The summed E-state index contributed by atoms with van der Waals surface area (Å²) in [5.41, 5.74) is 0. The van der Waals surface area contributed by atoms with Crippen molar-refractivity contribution in [3.05, 3.63) is 12.3 Å². The summed E-state index contributed by atoms with van der Waals surface area (Å²) in [7, 11) is 0. The van der Waals surface area contributed by atoms with Crippen molar-refractivity contribution in [2.75, 3.05) is 32.8 Å². The predicted octanol–water partition coefficient (Wildman–Crippen LogP) is 0.780. The van der Waals surface area contributed by atoms with Gasteiger partial charge >= 0.3 is 0 Å². The summed E-state index contributed by atoms with van der Waals surface area (Å²) in [4.78, 5) is 2.34. The molecule has 0 aromatic heterocycles. The maximum Gasteiger partial charge on any atom is 0.0752 e. The lowest BCUT2D eigenvalue weighted by molar-refractivity contribution is 0.0387. The molecule has 0 atom stereocenters. The number of morpholine rings is 1. The van der Waals surface area contributed by atoms with Crippen LogP contribution in [0.1, 0.15) is 6.42 Å². The normalized spacial score (nSPS) is 21.1. The summed E-state index contributed by atoms with van der Waals surface area (Å²) in [6.45, 7) is 4.78. The van der Waals surface area contributed by atoms with E-state index in [1.807, 2.05) is 0 Å². The van der Waals surface area contributed by atoms with E-state index in [0.29, 0.717) is 0 Å². The van der Waals surface area contributed by atoms with Crippen LogP contribution in [0.25, 0.3) is 0 Å². The molecule has 1 N–H and O–H groups in total. The molecule has 3 heteroatoms. The van der Waals surface area contributed by atoms with Gasteiger partial charge in [0.2, 0.25) is 0 Å². The smallest absolute Gasteiger partial charge is 0.0752 e. The molecule has 1 fully saturated rings. The molecule has 1 aliphatic heterocycles. The topological polar surface area (TPSA) is 32.7 Å². The van der Waals surface area contributed by atoms with E-state index in [2.05, 4.69) is 4.90 Å². The molecule has 1 saturated heterocycles. The lowest BCUT2D eigenvalue weighted by Gasteiger charge is -2.25. The Hall–Kier alpha value is -0.540. The van der Waals surface area contributed by atoms with Crippen LogP contribution in [0.4, 0.5) is 0 Å². The van der Waals surface area contributed by atoms with Crippen molar-refractivity contribution in [1.82, 2.24) is 4.90 Å². The molecule has 0 saturated carbocycles. The Morgan fingerprint density at radius 1 is 1.36 bits per heavy atom. The molecule has 0 unspecified atom stereocenters. The van der Waals surface area contributed by atoms with Gasteiger partial charge in [-0.3, -0.25) is 4.90 Å². The van der Waals surface area contributed by atoms with E-state index in [4.69, 9.17) is 9.84 Å². The highest BCUT2D eigenvalue weighted by molar-refractivity contribution is 4.74. The summed E-state index contributed by atoms with van der Waals surface area (Å²) < 4.78 is 5.20. The maximum absolute atomic E-state index is 8.37. The molecule has 0 bridgehead atoms. The van der Waals surface area contributed by atoms with Crippen molar-refractivity contribution >= 4 is 0 Å². The predicted molar refractivity (Wildman–Crippen MR) is 43.6 cm³/mol. The van der Waals surface area contributed by atoms with Gasteiger partial charge < -0.3 is 9.84 Å². The zero-order valence-electron chi connectivity index (χ0n) is 6.70. The summed E-state index contributed by atoms with van der Waals surface area (Å²) in [5, 5.41) is 8.37. The molecule has 1 aliphatic rings. The van der Waals surface area contributed by atoms with Crippen LogP contribution in [0.2, 0.25) is 0 Å². The summed E-state index contributed by atoms with van der Waals surface area (Å²) in [5.74, 6) is 0. The van der Waals surface area contributed by atoms with Crippen molar-refractivity contribution in [1.29, 1.82) is 0 Å². The van der Waals surface area contributed by atoms with Crippen LogP contribution >= 0.6 is 0 Å². The van der Waals surface area contributed by atoms with Crippen LogP contribution in [-0.4, -0.2) is 42.9 Å². The van der Waals surface area contributed by atoms with Gasteiger partial charge in [0.1, 0.15) is 0 Å². The molecular weight excluding hydrogens is 142 g/mol. The summed E-state index contributed by atoms with van der Waals surface area (Å²) >= 11 is 0. The Morgan fingerprint density at radius 2 is 2.09 bits per heavy atom. The van der Waals surface area contributed by atoms with Gasteiger partial charge in [-0.15, -0.1) is 0 Å². The van der Waals surface area contributed by atoms with Crippen LogP contribution in [0.5, 0.6) is 0 Å². The van der Waals surface area contributed by atoms with E-state index in [-0.39, 0.29) is 0 Å². The van der Waals surface area contributed by atoms with E-state index in [9.17, 15) is 0 Å². The maximum atomic E-state index is 8.37. The van der Waals surface area contributed by atoms with Crippen molar-refractivity contribution < 1.29 is 9.84 Å². The third kappa shape index (κ3) is 3.39. The summed E-state index contributed by atoms with van der Waals surface area (Å²) in [6, 6.07) is 0. The van der Waals surface area contributed by atoms with Crippen molar-refractivity contribution in [3.63, 3.8) is 0 Å². The molecule has 0 aromatic rings. The minimum atomic E-state index is 0.850. The van der Waals surface area contributed by atoms with Crippen molar-refractivity contribution in [2.45, 2.75) is 6.42 Å². The van der Waals surface area contributed by atoms with Gasteiger partial charge in [-0.05, 0) is 12.5 Å². The fraction of sp³-hybridized carbons (Fsp3) is 0.750. The lowest BCUT2D eigenvalue weighted by atomic mass is 10.3. The Morgan fingerprint density at radius 3 is 2.73 bits per heavy atom. The Balaban J connectivity index is 2.04. The summed E-state index contributed by atoms with van der Waals surface area (Å²) in [6.07, 6.45) is 3.81. The van der Waals surface area contributed by atoms with Gasteiger partial charge in [0.25, 0.3) is 0 Å². The third-order valence-electron chi connectivity index (χ3n) is 1.82.